The summed E-state index contributed by atoms with van der Waals surface area (Å²) in [6, 6.07) is 0. The van der Waals surface area contributed by atoms with Crippen molar-refractivity contribution in [3.05, 3.63) is 16.1 Å². The zero-order valence-corrected chi connectivity index (χ0v) is 10.8. The highest BCUT2D eigenvalue weighted by atomic mass is 32.1. The van der Waals surface area contributed by atoms with E-state index in [2.05, 4.69) is 11.9 Å². The van der Waals surface area contributed by atoms with Crippen LogP contribution in [0.4, 0.5) is 0 Å². The van der Waals surface area contributed by atoms with Gasteiger partial charge in [-0.15, -0.1) is 11.3 Å². The summed E-state index contributed by atoms with van der Waals surface area (Å²) >= 11 is 1.69. The minimum Gasteiger partial charge on any atom is -0.466 e. The van der Waals surface area contributed by atoms with Crippen molar-refractivity contribution in [2.45, 2.75) is 46.0 Å². The van der Waals surface area contributed by atoms with Crippen molar-refractivity contribution in [3.63, 3.8) is 0 Å². The lowest BCUT2D eigenvalue weighted by atomic mass is 10.2. The summed E-state index contributed by atoms with van der Waals surface area (Å²) in [4.78, 5) is 15.6. The topological polar surface area (TPSA) is 39.2 Å². The normalized spacial score (nSPS) is 10.4. The number of carbonyl (C=O) groups excluding carboxylic acids is 1. The molecule has 0 aromatic carbocycles. The lowest BCUT2D eigenvalue weighted by molar-refractivity contribution is -0.143. The van der Waals surface area contributed by atoms with Crippen molar-refractivity contribution in [2.24, 2.45) is 0 Å². The van der Waals surface area contributed by atoms with Gasteiger partial charge in [-0.2, -0.15) is 0 Å². The fourth-order valence-corrected chi connectivity index (χ4v) is 2.24. The molecule has 0 aliphatic heterocycles. The van der Waals surface area contributed by atoms with E-state index in [1.807, 2.05) is 12.3 Å². The third-order valence-corrected chi connectivity index (χ3v) is 3.19. The number of hydrogen-bond donors (Lipinski definition) is 0. The first-order valence-corrected chi connectivity index (χ1v) is 6.73. The summed E-state index contributed by atoms with van der Waals surface area (Å²) in [5.74, 6) is -0.134. The van der Waals surface area contributed by atoms with Gasteiger partial charge in [0.05, 0.1) is 23.7 Å². The molecule has 0 aliphatic carbocycles. The molecular weight excluding hydrogens is 222 g/mol. The Labute approximate surface area is 101 Å². The van der Waals surface area contributed by atoms with Crippen molar-refractivity contribution < 1.29 is 9.53 Å². The second-order valence-electron chi connectivity index (χ2n) is 3.64. The van der Waals surface area contributed by atoms with E-state index in [9.17, 15) is 4.79 Å². The number of esters is 1. The Morgan fingerprint density at radius 3 is 2.94 bits per heavy atom. The van der Waals surface area contributed by atoms with Crippen LogP contribution in [0.25, 0.3) is 0 Å². The number of rotatable bonds is 7. The van der Waals surface area contributed by atoms with Gasteiger partial charge in [0.15, 0.2) is 0 Å². The molecule has 0 aliphatic rings. The number of carbonyl (C=O) groups is 1. The Hall–Kier alpha value is -0.900. The highest BCUT2D eigenvalue weighted by Gasteiger charge is 2.06. The third kappa shape index (κ3) is 4.75. The number of thiazole rings is 1. The van der Waals surface area contributed by atoms with Crippen LogP contribution in [0.5, 0.6) is 0 Å². The molecule has 0 atom stereocenters. The zero-order chi connectivity index (χ0) is 11.8. The largest absolute Gasteiger partial charge is 0.466 e. The van der Waals surface area contributed by atoms with Crippen molar-refractivity contribution in [1.29, 1.82) is 0 Å². The summed E-state index contributed by atoms with van der Waals surface area (Å²) in [5, 5.41) is 3.23. The van der Waals surface area contributed by atoms with Crippen LogP contribution in [-0.2, 0) is 22.4 Å². The van der Waals surface area contributed by atoms with Crippen LogP contribution < -0.4 is 0 Å². The van der Waals surface area contributed by atoms with E-state index in [0.29, 0.717) is 19.4 Å². The van der Waals surface area contributed by atoms with E-state index < -0.39 is 0 Å². The number of hydrogen-bond acceptors (Lipinski definition) is 4. The van der Waals surface area contributed by atoms with Gasteiger partial charge in [-0.05, 0) is 19.8 Å². The van der Waals surface area contributed by atoms with E-state index in [1.54, 1.807) is 11.3 Å². The molecule has 3 nitrogen and oxygen atoms in total. The van der Waals surface area contributed by atoms with Crippen LogP contribution in [0.1, 0.15) is 43.8 Å². The maximum Gasteiger partial charge on any atom is 0.306 e. The molecule has 0 radical (unpaired) electrons. The van der Waals surface area contributed by atoms with Gasteiger partial charge >= 0.3 is 5.97 Å². The number of nitrogens with zero attached hydrogens (tertiary/aromatic N) is 1. The van der Waals surface area contributed by atoms with Gasteiger partial charge in [0.1, 0.15) is 0 Å². The predicted molar refractivity (Wildman–Crippen MR) is 65.7 cm³/mol. The van der Waals surface area contributed by atoms with Gasteiger partial charge in [0.25, 0.3) is 0 Å². The predicted octanol–water partition coefficient (Wildman–Crippen LogP) is 2.98. The smallest absolute Gasteiger partial charge is 0.306 e. The monoisotopic (exact) mass is 241 g/mol. The minimum atomic E-state index is -0.134. The summed E-state index contributed by atoms with van der Waals surface area (Å²) in [7, 11) is 0. The highest BCUT2D eigenvalue weighted by Crippen LogP contribution is 2.14. The minimum absolute atomic E-state index is 0.134. The molecule has 90 valence electrons. The molecule has 0 spiro atoms. The number of unbranched alkanes of at least 4 members (excludes halogenated alkanes) is 1. The maximum absolute atomic E-state index is 11.1. The molecule has 16 heavy (non-hydrogen) atoms. The molecule has 1 rings (SSSR count). The Morgan fingerprint density at radius 2 is 2.25 bits per heavy atom. The van der Waals surface area contributed by atoms with Gasteiger partial charge in [0, 0.05) is 11.8 Å². The summed E-state index contributed by atoms with van der Waals surface area (Å²) in [6.07, 6.45) is 4.56. The molecule has 0 N–H and O–H groups in total. The van der Waals surface area contributed by atoms with Crippen LogP contribution >= 0.6 is 11.3 Å². The average Bonchev–Trinajstić information content (AvgIpc) is 2.72. The maximum atomic E-state index is 11.1. The quantitative estimate of drug-likeness (QED) is 0.689. The summed E-state index contributed by atoms with van der Waals surface area (Å²) in [6.45, 7) is 4.45. The second-order valence-corrected chi connectivity index (χ2v) is 4.58. The Morgan fingerprint density at radius 1 is 1.44 bits per heavy atom. The number of aryl methyl sites for hydroxylation is 2. The van der Waals surface area contributed by atoms with Crippen LogP contribution in [0, 0.1) is 0 Å². The molecule has 0 amide bonds. The van der Waals surface area contributed by atoms with Gasteiger partial charge in [-0.1, -0.05) is 13.3 Å². The summed E-state index contributed by atoms with van der Waals surface area (Å²) < 4.78 is 4.87. The zero-order valence-electron chi connectivity index (χ0n) is 9.99. The van der Waals surface area contributed by atoms with E-state index in [4.69, 9.17) is 4.74 Å². The fourth-order valence-electron chi connectivity index (χ4n) is 1.37. The first kappa shape index (κ1) is 13.2. The Kier molecular flexibility index (Phi) is 6.08. The fraction of sp³-hybridized carbons (Fsp3) is 0.667. The van der Waals surface area contributed by atoms with Crippen molar-refractivity contribution in [3.8, 4) is 0 Å². The van der Waals surface area contributed by atoms with Gasteiger partial charge in [-0.25, -0.2) is 4.98 Å². The molecule has 0 saturated heterocycles. The lowest BCUT2D eigenvalue weighted by Crippen LogP contribution is -2.05. The van der Waals surface area contributed by atoms with E-state index in [-0.39, 0.29) is 5.97 Å². The molecule has 1 aromatic rings. The van der Waals surface area contributed by atoms with E-state index in [1.165, 1.54) is 17.8 Å². The molecule has 1 heterocycles. The number of ether oxygens (including phenoxy) is 1. The highest BCUT2D eigenvalue weighted by molar-refractivity contribution is 7.09. The molecule has 4 heteroatoms. The first-order chi connectivity index (χ1) is 7.76. The first-order valence-electron chi connectivity index (χ1n) is 5.85. The van der Waals surface area contributed by atoms with Crippen LogP contribution in [0.15, 0.2) is 5.38 Å². The van der Waals surface area contributed by atoms with Gasteiger partial charge in [-0.3, -0.25) is 4.79 Å². The average molecular weight is 241 g/mol. The van der Waals surface area contributed by atoms with Gasteiger partial charge in [0.2, 0.25) is 0 Å². The molecule has 0 unspecified atom stereocenters. The molecule has 0 fully saturated rings. The standard InChI is InChI=1S/C12H19NO2S/c1-3-5-6-11-13-10(9-16-11)7-8-12(14)15-4-2/h9H,3-8H2,1-2H3. The second kappa shape index (κ2) is 7.39. The molecule has 0 saturated carbocycles. The molecule has 0 bridgehead atoms. The van der Waals surface area contributed by atoms with Gasteiger partial charge < -0.3 is 4.74 Å². The Balaban J connectivity index is 2.31. The van der Waals surface area contributed by atoms with Crippen molar-refractivity contribution in [2.75, 3.05) is 6.61 Å². The van der Waals surface area contributed by atoms with Crippen molar-refractivity contribution >= 4 is 17.3 Å². The van der Waals surface area contributed by atoms with Crippen LogP contribution in [-0.4, -0.2) is 17.6 Å². The lowest BCUT2D eigenvalue weighted by Gasteiger charge is -1.99. The summed E-state index contributed by atoms with van der Waals surface area (Å²) in [5.41, 5.74) is 1.02. The van der Waals surface area contributed by atoms with Crippen LogP contribution in [0.3, 0.4) is 0 Å². The number of aromatic nitrogens is 1. The molecular formula is C12H19NO2S. The third-order valence-electron chi connectivity index (χ3n) is 2.23. The van der Waals surface area contributed by atoms with Crippen LogP contribution in [0.2, 0.25) is 0 Å². The van der Waals surface area contributed by atoms with Crippen molar-refractivity contribution in [1.82, 2.24) is 4.98 Å². The SMILES string of the molecule is CCCCc1nc(CCC(=O)OCC)cs1. The van der Waals surface area contributed by atoms with E-state index in [0.717, 1.165) is 12.1 Å². The van der Waals surface area contributed by atoms with E-state index >= 15 is 0 Å². The molecule has 1 aromatic heterocycles. The Bertz CT molecular complexity index is 323.